The average molecular weight is 349 g/mol. The summed E-state index contributed by atoms with van der Waals surface area (Å²) in [6.45, 7) is 0. The van der Waals surface area contributed by atoms with Crippen LogP contribution < -0.4 is 4.46 Å². The first-order chi connectivity index (χ1) is 10.3. The second-order valence-corrected chi connectivity index (χ2v) is 6.99. The van der Waals surface area contributed by atoms with E-state index in [0.29, 0.717) is 0 Å². The van der Waals surface area contributed by atoms with Crippen LogP contribution in [0.5, 0.6) is 0 Å². The zero-order valence-corrected chi connectivity index (χ0v) is 13.8. The number of hydrogen-bond donors (Lipinski definition) is 0. The van der Waals surface area contributed by atoms with Crippen molar-refractivity contribution in [2.75, 3.05) is 14.2 Å². The quantitative estimate of drug-likeness (QED) is 0.593. The third-order valence-corrected chi connectivity index (χ3v) is 5.69. The first-order valence-corrected chi connectivity index (χ1v) is 8.48. The number of esters is 1. The van der Waals surface area contributed by atoms with Crippen molar-refractivity contribution in [1.29, 1.82) is 0 Å². The van der Waals surface area contributed by atoms with Gasteiger partial charge in [0.05, 0.1) is 0 Å². The molecule has 2 rings (SSSR count). The SMILES string of the molecule is COC(=O)[C@H]([Se]c1ccccc1)[C@@H](OC)c1ccccc1. The van der Waals surface area contributed by atoms with Gasteiger partial charge in [-0.15, -0.1) is 0 Å². The predicted molar refractivity (Wildman–Crippen MR) is 83.8 cm³/mol. The van der Waals surface area contributed by atoms with E-state index in [0.717, 1.165) is 10.0 Å². The molecule has 21 heavy (non-hydrogen) atoms. The van der Waals surface area contributed by atoms with Crippen LogP contribution >= 0.6 is 0 Å². The van der Waals surface area contributed by atoms with Gasteiger partial charge in [0.15, 0.2) is 0 Å². The monoisotopic (exact) mass is 350 g/mol. The number of rotatable bonds is 6. The van der Waals surface area contributed by atoms with Gasteiger partial charge in [-0.3, -0.25) is 0 Å². The standard InChI is InChI=1S/C17H18O3Se/c1-19-15(13-9-5-3-6-10-13)16(17(18)20-2)21-14-11-7-4-8-12-14/h3-12,15-16H,1-2H3/t15-,16+/m0/s1. The van der Waals surface area contributed by atoms with Crippen molar-refractivity contribution in [1.82, 2.24) is 0 Å². The summed E-state index contributed by atoms with van der Waals surface area (Å²) in [7, 11) is 3.06. The van der Waals surface area contributed by atoms with Gasteiger partial charge in [0.25, 0.3) is 0 Å². The van der Waals surface area contributed by atoms with Crippen LogP contribution in [0.15, 0.2) is 60.7 Å². The third kappa shape index (κ3) is 4.18. The van der Waals surface area contributed by atoms with Crippen molar-refractivity contribution >= 4 is 25.4 Å². The summed E-state index contributed by atoms with van der Waals surface area (Å²) < 4.78 is 11.7. The van der Waals surface area contributed by atoms with Gasteiger partial charge in [0, 0.05) is 0 Å². The number of carbonyl (C=O) groups excluding carboxylic acids is 1. The van der Waals surface area contributed by atoms with E-state index < -0.39 is 0 Å². The molecule has 0 spiro atoms. The molecule has 0 aliphatic carbocycles. The first-order valence-electron chi connectivity index (χ1n) is 6.63. The van der Waals surface area contributed by atoms with Crippen LogP contribution in [0, 0.1) is 0 Å². The Kier molecular flexibility index (Phi) is 6.00. The zero-order chi connectivity index (χ0) is 15.1. The summed E-state index contributed by atoms with van der Waals surface area (Å²) in [6.07, 6.45) is -0.293. The van der Waals surface area contributed by atoms with Crippen molar-refractivity contribution in [3.63, 3.8) is 0 Å². The fourth-order valence-corrected chi connectivity index (χ4v) is 4.57. The summed E-state index contributed by atoms with van der Waals surface area (Å²) >= 11 is -0.0646. The van der Waals surface area contributed by atoms with E-state index in [2.05, 4.69) is 0 Å². The molecule has 0 saturated carbocycles. The summed E-state index contributed by atoms with van der Waals surface area (Å²) in [5.74, 6) is -0.227. The molecule has 0 fully saturated rings. The molecule has 3 nitrogen and oxygen atoms in total. The Morgan fingerprint density at radius 1 is 0.952 bits per heavy atom. The Labute approximate surface area is 131 Å². The number of ether oxygens (including phenoxy) is 2. The first kappa shape index (κ1) is 15.8. The van der Waals surface area contributed by atoms with E-state index in [1.807, 2.05) is 60.7 Å². The van der Waals surface area contributed by atoms with E-state index in [1.54, 1.807) is 7.11 Å². The minimum absolute atomic E-state index is 0.0646. The van der Waals surface area contributed by atoms with E-state index >= 15 is 0 Å². The van der Waals surface area contributed by atoms with Crippen LogP contribution in [0.25, 0.3) is 0 Å². The van der Waals surface area contributed by atoms with Gasteiger partial charge >= 0.3 is 131 Å². The third-order valence-electron chi connectivity index (χ3n) is 3.10. The Bertz CT molecular complexity index is 557. The van der Waals surface area contributed by atoms with Crippen molar-refractivity contribution in [3.8, 4) is 0 Å². The summed E-state index contributed by atoms with van der Waals surface area (Å²) in [5.41, 5.74) is 0.994. The second kappa shape index (κ2) is 7.99. The molecule has 0 aliphatic heterocycles. The summed E-state index contributed by atoms with van der Waals surface area (Å²) in [6, 6.07) is 19.8. The maximum absolute atomic E-state index is 12.2. The van der Waals surface area contributed by atoms with Gasteiger partial charge in [-0.2, -0.15) is 0 Å². The molecule has 2 atom stereocenters. The van der Waals surface area contributed by atoms with Crippen LogP contribution in [0.4, 0.5) is 0 Å². The van der Waals surface area contributed by atoms with E-state index in [1.165, 1.54) is 7.11 Å². The number of methoxy groups -OCH3 is 2. The van der Waals surface area contributed by atoms with Crippen LogP contribution in [0.3, 0.4) is 0 Å². The summed E-state index contributed by atoms with van der Waals surface area (Å²) in [4.78, 5) is 11.9. The van der Waals surface area contributed by atoms with Crippen molar-refractivity contribution in [2.45, 2.75) is 10.9 Å². The maximum atomic E-state index is 12.2. The zero-order valence-electron chi connectivity index (χ0n) is 12.1. The molecule has 2 aromatic rings. The topological polar surface area (TPSA) is 35.5 Å². The molecule has 0 N–H and O–H groups in total. The molecule has 0 amide bonds. The van der Waals surface area contributed by atoms with Crippen molar-refractivity contribution < 1.29 is 14.3 Å². The molecule has 0 aliphatic rings. The van der Waals surface area contributed by atoms with Crippen LogP contribution in [0.1, 0.15) is 11.7 Å². The molecule has 2 aromatic carbocycles. The molecule has 110 valence electrons. The number of carbonyl (C=O) groups is 1. The number of hydrogen-bond acceptors (Lipinski definition) is 3. The van der Waals surface area contributed by atoms with Crippen molar-refractivity contribution in [2.24, 2.45) is 0 Å². The fourth-order valence-electron chi connectivity index (χ4n) is 2.07. The number of benzene rings is 2. The van der Waals surface area contributed by atoms with E-state index in [-0.39, 0.29) is 31.8 Å². The summed E-state index contributed by atoms with van der Waals surface area (Å²) in [5, 5.41) is 0. The van der Waals surface area contributed by atoms with Crippen LogP contribution in [0.2, 0.25) is 4.82 Å². The second-order valence-electron chi connectivity index (χ2n) is 4.44. The molecular weight excluding hydrogens is 331 g/mol. The molecule has 4 heteroatoms. The van der Waals surface area contributed by atoms with Crippen LogP contribution in [-0.4, -0.2) is 35.1 Å². The van der Waals surface area contributed by atoms with Crippen molar-refractivity contribution in [3.05, 3.63) is 66.2 Å². The Morgan fingerprint density at radius 3 is 2.05 bits per heavy atom. The molecule has 0 unspecified atom stereocenters. The molecule has 0 radical (unpaired) electrons. The van der Waals surface area contributed by atoms with Gasteiger partial charge in [0.2, 0.25) is 0 Å². The Morgan fingerprint density at radius 2 is 1.52 bits per heavy atom. The Balaban J connectivity index is 2.28. The molecule has 0 aromatic heterocycles. The normalized spacial score (nSPS) is 13.4. The van der Waals surface area contributed by atoms with E-state index in [4.69, 9.17) is 9.47 Å². The van der Waals surface area contributed by atoms with Gasteiger partial charge in [-0.05, 0) is 0 Å². The van der Waals surface area contributed by atoms with Gasteiger partial charge in [-0.25, -0.2) is 0 Å². The van der Waals surface area contributed by atoms with Gasteiger partial charge in [-0.1, -0.05) is 0 Å². The molecule has 0 saturated heterocycles. The Hall–Kier alpha value is -1.61. The van der Waals surface area contributed by atoms with E-state index in [9.17, 15) is 4.79 Å². The average Bonchev–Trinajstić information content (AvgIpc) is 2.56. The fraction of sp³-hybridized carbons (Fsp3) is 0.235. The predicted octanol–water partition coefficient (Wildman–Crippen LogP) is 2.37. The minimum atomic E-state index is -0.308. The molecule has 0 bridgehead atoms. The van der Waals surface area contributed by atoms with Gasteiger partial charge < -0.3 is 0 Å². The van der Waals surface area contributed by atoms with Gasteiger partial charge in [0.1, 0.15) is 0 Å². The van der Waals surface area contributed by atoms with Crippen LogP contribution in [-0.2, 0) is 14.3 Å². The molecule has 0 heterocycles. The molecular formula is C17H18O3Se.